The zero-order valence-corrected chi connectivity index (χ0v) is 18.7. The van der Waals surface area contributed by atoms with Crippen molar-refractivity contribution in [3.8, 4) is 0 Å². The predicted octanol–water partition coefficient (Wildman–Crippen LogP) is 5.83. The van der Waals surface area contributed by atoms with E-state index in [0.29, 0.717) is 6.42 Å². The lowest BCUT2D eigenvalue weighted by Gasteiger charge is -2.32. The molecule has 0 saturated carbocycles. The first kappa shape index (κ1) is 20.7. The smallest absolute Gasteiger partial charge is 0.227 e. The molecule has 0 unspecified atom stereocenters. The van der Waals surface area contributed by atoms with Crippen molar-refractivity contribution in [2.45, 2.75) is 25.3 Å². The van der Waals surface area contributed by atoms with Gasteiger partial charge in [0.1, 0.15) is 0 Å². The van der Waals surface area contributed by atoms with Gasteiger partial charge in [0.2, 0.25) is 5.91 Å². The van der Waals surface area contributed by atoms with E-state index in [2.05, 4.69) is 83.8 Å². The molecule has 4 aromatic rings. The van der Waals surface area contributed by atoms with E-state index in [4.69, 9.17) is 0 Å². The van der Waals surface area contributed by atoms with Crippen LogP contribution in [0.1, 0.15) is 30.0 Å². The molecule has 4 aromatic carbocycles. The number of rotatable bonds is 6. The lowest BCUT2D eigenvalue weighted by molar-refractivity contribution is -0.131. The van der Waals surface area contributed by atoms with Crippen LogP contribution in [0, 0.1) is 0 Å². The summed E-state index contributed by atoms with van der Waals surface area (Å²) in [5.41, 5.74) is 2.33. The number of nitrogens with zero attached hydrogens (tertiary/aromatic N) is 2. The summed E-state index contributed by atoms with van der Waals surface area (Å²) in [6.07, 6.45) is 2.91. The first-order valence-corrected chi connectivity index (χ1v) is 11.6. The predicted molar refractivity (Wildman–Crippen MR) is 133 cm³/mol. The number of carbonyl (C=O) groups excluding carboxylic acids is 1. The van der Waals surface area contributed by atoms with Crippen LogP contribution in [0.3, 0.4) is 0 Å². The zero-order valence-electron chi connectivity index (χ0n) is 18.7. The van der Waals surface area contributed by atoms with Crippen LogP contribution in [0.25, 0.3) is 21.5 Å². The maximum atomic E-state index is 13.7. The molecule has 1 heterocycles. The van der Waals surface area contributed by atoms with Crippen molar-refractivity contribution in [1.82, 2.24) is 9.80 Å². The van der Waals surface area contributed by atoms with Gasteiger partial charge in [0.25, 0.3) is 0 Å². The molecule has 0 aromatic heterocycles. The van der Waals surface area contributed by atoms with Gasteiger partial charge < -0.3 is 9.80 Å². The van der Waals surface area contributed by atoms with Crippen molar-refractivity contribution in [3.05, 3.63) is 96.1 Å². The Morgan fingerprint density at radius 2 is 1.41 bits per heavy atom. The molecule has 1 aliphatic heterocycles. The molecule has 3 heteroatoms. The topological polar surface area (TPSA) is 23.6 Å². The minimum Gasteiger partial charge on any atom is -0.337 e. The molecule has 1 fully saturated rings. The number of benzene rings is 4. The molecule has 32 heavy (non-hydrogen) atoms. The van der Waals surface area contributed by atoms with Gasteiger partial charge >= 0.3 is 0 Å². The van der Waals surface area contributed by atoms with Crippen LogP contribution in [0.4, 0.5) is 0 Å². The number of likely N-dealkylation sites (tertiary alicyclic amines) is 1. The molecule has 1 aliphatic rings. The average molecular weight is 423 g/mol. The monoisotopic (exact) mass is 422 g/mol. The van der Waals surface area contributed by atoms with Crippen molar-refractivity contribution in [3.63, 3.8) is 0 Å². The molecule has 0 radical (unpaired) electrons. The summed E-state index contributed by atoms with van der Waals surface area (Å²) >= 11 is 0. The van der Waals surface area contributed by atoms with Crippen LogP contribution < -0.4 is 0 Å². The Bertz CT molecular complexity index is 1170. The Balaban J connectivity index is 1.49. The minimum absolute atomic E-state index is 0.0584. The summed E-state index contributed by atoms with van der Waals surface area (Å²) in [7, 11) is 1.98. The van der Waals surface area contributed by atoms with Crippen molar-refractivity contribution in [2.75, 3.05) is 26.7 Å². The molecule has 162 valence electrons. The van der Waals surface area contributed by atoms with Crippen molar-refractivity contribution in [1.29, 1.82) is 0 Å². The molecule has 5 rings (SSSR count). The lowest BCUT2D eigenvalue weighted by Crippen LogP contribution is -2.39. The molecular weight excluding hydrogens is 392 g/mol. The number of carbonyl (C=O) groups is 1. The van der Waals surface area contributed by atoms with E-state index in [-0.39, 0.29) is 11.9 Å². The fraction of sp³-hybridized carbons (Fsp3) is 0.276. The molecule has 0 aliphatic carbocycles. The normalized spacial score (nSPS) is 15.3. The van der Waals surface area contributed by atoms with Gasteiger partial charge in [-0.2, -0.15) is 0 Å². The van der Waals surface area contributed by atoms with Gasteiger partial charge in [0, 0.05) is 13.6 Å². The molecule has 0 N–H and O–H groups in total. The largest absolute Gasteiger partial charge is 0.337 e. The highest BCUT2D eigenvalue weighted by Gasteiger charge is 2.26. The average Bonchev–Trinajstić information content (AvgIpc) is 3.36. The second-order valence-corrected chi connectivity index (χ2v) is 8.91. The molecule has 3 nitrogen and oxygen atoms in total. The summed E-state index contributed by atoms with van der Waals surface area (Å²) < 4.78 is 0. The second-order valence-electron chi connectivity index (χ2n) is 8.91. The number of hydrogen-bond donors (Lipinski definition) is 0. The number of amides is 1. The highest BCUT2D eigenvalue weighted by Crippen LogP contribution is 2.30. The maximum Gasteiger partial charge on any atom is 0.227 e. The van der Waals surface area contributed by atoms with Crippen molar-refractivity contribution >= 4 is 27.5 Å². The van der Waals surface area contributed by atoms with E-state index >= 15 is 0 Å². The summed E-state index contributed by atoms with van der Waals surface area (Å²) in [5, 5.41) is 4.72. The molecule has 1 atom stereocenters. The van der Waals surface area contributed by atoms with Gasteiger partial charge in [-0.1, -0.05) is 78.9 Å². The van der Waals surface area contributed by atoms with Gasteiger partial charge in [-0.3, -0.25) is 4.79 Å². The van der Waals surface area contributed by atoms with E-state index in [0.717, 1.165) is 25.2 Å². The first-order chi connectivity index (χ1) is 15.7. The maximum absolute atomic E-state index is 13.7. The number of likely N-dealkylation sites (N-methyl/N-ethyl adjacent to an activating group) is 1. The molecule has 1 saturated heterocycles. The Morgan fingerprint density at radius 1 is 0.844 bits per heavy atom. The SMILES string of the molecule is CN(C(=O)Cc1c2ccccc2cc2ccccc12)[C@H](CN1CCCC1)c1ccccc1. The van der Waals surface area contributed by atoms with Crippen LogP contribution in [-0.4, -0.2) is 42.4 Å². The Labute approximate surface area is 190 Å². The van der Waals surface area contributed by atoms with Gasteiger partial charge in [0.15, 0.2) is 0 Å². The fourth-order valence-corrected chi connectivity index (χ4v) is 5.08. The van der Waals surface area contributed by atoms with Gasteiger partial charge in [-0.25, -0.2) is 0 Å². The highest BCUT2D eigenvalue weighted by atomic mass is 16.2. The fourth-order valence-electron chi connectivity index (χ4n) is 5.08. The van der Waals surface area contributed by atoms with Crippen molar-refractivity contribution < 1.29 is 4.79 Å². The third-order valence-corrected chi connectivity index (χ3v) is 6.89. The van der Waals surface area contributed by atoms with Crippen LogP contribution in [0.15, 0.2) is 84.9 Å². The summed E-state index contributed by atoms with van der Waals surface area (Å²) in [6.45, 7) is 3.14. The van der Waals surface area contributed by atoms with Crippen LogP contribution in [0.2, 0.25) is 0 Å². The molecule has 0 bridgehead atoms. The lowest BCUT2D eigenvalue weighted by atomic mass is 9.94. The quantitative estimate of drug-likeness (QED) is 0.365. The second kappa shape index (κ2) is 9.13. The van der Waals surface area contributed by atoms with Crippen LogP contribution in [0.5, 0.6) is 0 Å². The Kier molecular flexibility index (Phi) is 5.91. The summed E-state index contributed by atoms with van der Waals surface area (Å²) in [6, 6.07) is 29.6. The van der Waals surface area contributed by atoms with Gasteiger partial charge in [-0.15, -0.1) is 0 Å². The van der Waals surface area contributed by atoms with E-state index in [1.54, 1.807) is 0 Å². The molecule has 0 spiro atoms. The van der Waals surface area contributed by atoms with Gasteiger partial charge in [0.05, 0.1) is 12.5 Å². The third kappa shape index (κ3) is 4.13. The first-order valence-electron chi connectivity index (χ1n) is 11.6. The highest BCUT2D eigenvalue weighted by molar-refractivity contribution is 6.04. The van der Waals surface area contributed by atoms with Crippen LogP contribution in [-0.2, 0) is 11.2 Å². The zero-order chi connectivity index (χ0) is 21.9. The minimum atomic E-state index is 0.0584. The standard InChI is InChI=1S/C29H30N2O/c1-30(28(21-31-17-9-10-18-31)22-11-3-2-4-12-22)29(32)20-27-25-15-7-5-13-23(25)19-24-14-6-8-16-26(24)27/h2-8,11-16,19,28H,9-10,17-18,20-21H2,1H3/t28-/m1/s1. The third-order valence-electron chi connectivity index (χ3n) is 6.89. The van der Waals surface area contributed by atoms with E-state index in [9.17, 15) is 4.79 Å². The summed E-state index contributed by atoms with van der Waals surface area (Å²) in [4.78, 5) is 18.2. The van der Waals surface area contributed by atoms with Crippen molar-refractivity contribution in [2.24, 2.45) is 0 Å². The number of fused-ring (bicyclic) bond motifs is 2. The molecular formula is C29H30N2O. The number of hydrogen-bond acceptors (Lipinski definition) is 2. The Morgan fingerprint density at radius 3 is 2.03 bits per heavy atom. The van der Waals surface area contributed by atoms with Crippen LogP contribution >= 0.6 is 0 Å². The van der Waals surface area contributed by atoms with E-state index in [1.807, 2.05) is 18.0 Å². The van der Waals surface area contributed by atoms with E-state index in [1.165, 1.54) is 39.9 Å². The Hall–Kier alpha value is -3.17. The molecule has 1 amide bonds. The summed E-state index contributed by atoms with van der Waals surface area (Å²) in [5.74, 6) is 0.166. The van der Waals surface area contributed by atoms with Gasteiger partial charge in [-0.05, 0) is 64.7 Å². The van der Waals surface area contributed by atoms with E-state index < -0.39 is 0 Å².